The van der Waals surface area contributed by atoms with E-state index in [0.717, 1.165) is 18.7 Å². The minimum Gasteiger partial charge on any atom is -0.396 e. The fraction of sp³-hybridized carbons (Fsp3) is 0.647. The summed E-state index contributed by atoms with van der Waals surface area (Å²) in [6.45, 7) is 3.50. The first-order chi connectivity index (χ1) is 11.0. The van der Waals surface area contributed by atoms with Crippen LogP contribution in [0.3, 0.4) is 0 Å². The second-order valence-corrected chi connectivity index (χ2v) is 6.75. The van der Waals surface area contributed by atoms with Crippen LogP contribution < -0.4 is 5.56 Å². The van der Waals surface area contributed by atoms with Crippen molar-refractivity contribution < 1.29 is 9.90 Å². The molecule has 1 aromatic heterocycles. The average molecular weight is 319 g/mol. The molecule has 3 rings (SSSR count). The van der Waals surface area contributed by atoms with Crippen molar-refractivity contribution in [1.82, 2.24) is 14.4 Å². The monoisotopic (exact) mass is 319 g/mol. The molecule has 1 saturated heterocycles. The molecule has 6 nitrogen and oxygen atoms in total. The van der Waals surface area contributed by atoms with E-state index in [4.69, 9.17) is 0 Å². The summed E-state index contributed by atoms with van der Waals surface area (Å²) in [5.74, 6) is -0.412. The van der Waals surface area contributed by atoms with Crippen LogP contribution in [-0.2, 0) is 11.3 Å². The Balaban J connectivity index is 2.14. The first-order valence-corrected chi connectivity index (χ1v) is 8.28. The van der Waals surface area contributed by atoms with Crippen molar-refractivity contribution >= 4 is 5.91 Å². The third kappa shape index (κ3) is 2.40. The van der Waals surface area contributed by atoms with Crippen LogP contribution in [-0.4, -0.2) is 58.7 Å². The van der Waals surface area contributed by atoms with Gasteiger partial charge in [0, 0.05) is 51.0 Å². The molecule has 1 N–H and O–H groups in total. The number of aliphatic hydroxyl groups excluding tert-OH is 1. The summed E-state index contributed by atoms with van der Waals surface area (Å²) < 4.78 is 1.78. The topological polar surface area (TPSA) is 65.8 Å². The van der Waals surface area contributed by atoms with Crippen molar-refractivity contribution in [2.75, 3.05) is 27.2 Å². The van der Waals surface area contributed by atoms with Gasteiger partial charge in [-0.3, -0.25) is 14.5 Å². The number of hydrogen-bond acceptors (Lipinski definition) is 4. The molecule has 23 heavy (non-hydrogen) atoms. The number of hydrogen-bond donors (Lipinski definition) is 1. The van der Waals surface area contributed by atoms with Crippen molar-refractivity contribution in [1.29, 1.82) is 0 Å². The van der Waals surface area contributed by atoms with E-state index in [1.807, 2.05) is 6.07 Å². The van der Waals surface area contributed by atoms with Crippen LogP contribution in [0.15, 0.2) is 23.0 Å². The zero-order valence-electron chi connectivity index (χ0n) is 14.0. The van der Waals surface area contributed by atoms with Crippen molar-refractivity contribution in [3.8, 4) is 0 Å². The van der Waals surface area contributed by atoms with Gasteiger partial charge in [0.05, 0.1) is 12.0 Å². The average Bonchev–Trinajstić information content (AvgIpc) is 2.73. The van der Waals surface area contributed by atoms with Crippen molar-refractivity contribution in [3.05, 3.63) is 34.2 Å². The Kier molecular flexibility index (Phi) is 4.29. The first-order valence-electron chi connectivity index (χ1n) is 8.28. The predicted octanol–water partition coefficient (Wildman–Crippen LogP) is 0.310. The smallest absolute Gasteiger partial charge is 0.250 e. The van der Waals surface area contributed by atoms with Crippen molar-refractivity contribution in [2.24, 2.45) is 11.8 Å². The van der Waals surface area contributed by atoms with Gasteiger partial charge in [-0.2, -0.15) is 0 Å². The lowest BCUT2D eigenvalue weighted by molar-refractivity contribution is -0.135. The molecule has 0 spiro atoms. The van der Waals surface area contributed by atoms with E-state index < -0.39 is 0 Å². The maximum absolute atomic E-state index is 12.8. The molecule has 0 aromatic carbocycles. The number of aliphatic hydroxyl groups is 1. The number of nitrogens with zero attached hydrogens (tertiary/aromatic N) is 3. The van der Waals surface area contributed by atoms with E-state index in [1.165, 1.54) is 0 Å². The summed E-state index contributed by atoms with van der Waals surface area (Å²) in [7, 11) is 3.50. The molecule has 1 aromatic rings. The molecule has 1 amide bonds. The Morgan fingerprint density at radius 2 is 2.13 bits per heavy atom. The number of aromatic nitrogens is 1. The third-order valence-electron chi connectivity index (χ3n) is 5.25. The standard InChI is InChI=1S/C17H25N3O3/c1-4-8-19-13-9-20-12(6-5-7-14(20)22)16(19)15(11(13)10-21)17(23)18(2)3/h5-7,11,13,15-16,21H,4,8-10H2,1-3H3/t11-,13-,15+,16+/m0/s1. The maximum Gasteiger partial charge on any atom is 0.250 e. The van der Waals surface area contributed by atoms with Gasteiger partial charge in [-0.1, -0.05) is 13.0 Å². The molecular formula is C17H25N3O3. The van der Waals surface area contributed by atoms with Gasteiger partial charge in [0.2, 0.25) is 5.91 Å². The summed E-state index contributed by atoms with van der Waals surface area (Å²) in [6.07, 6.45) is 0.977. The Hall–Kier alpha value is -1.66. The molecule has 2 bridgehead atoms. The Morgan fingerprint density at radius 1 is 1.39 bits per heavy atom. The summed E-state index contributed by atoms with van der Waals surface area (Å²) >= 11 is 0. The van der Waals surface area contributed by atoms with Gasteiger partial charge in [0.1, 0.15) is 0 Å². The van der Waals surface area contributed by atoms with E-state index in [9.17, 15) is 14.7 Å². The lowest BCUT2D eigenvalue weighted by Crippen LogP contribution is -2.46. The lowest BCUT2D eigenvalue weighted by atomic mass is 9.86. The molecule has 1 fully saturated rings. The Bertz CT molecular complexity index is 655. The molecule has 4 atom stereocenters. The number of carbonyl (C=O) groups is 1. The molecule has 2 aliphatic rings. The van der Waals surface area contributed by atoms with Crippen LogP contribution in [0.4, 0.5) is 0 Å². The van der Waals surface area contributed by atoms with Crippen LogP contribution in [0.1, 0.15) is 25.1 Å². The van der Waals surface area contributed by atoms with Crippen LogP contribution in [0.2, 0.25) is 0 Å². The highest BCUT2D eigenvalue weighted by molar-refractivity contribution is 5.80. The number of fused-ring (bicyclic) bond motifs is 4. The molecule has 0 aliphatic carbocycles. The molecular weight excluding hydrogens is 294 g/mol. The SMILES string of the molecule is CCCN1[C@@H]2c3cccc(=O)n3C[C@H]1[C@H](CO)[C@H]2C(=O)N(C)C. The van der Waals surface area contributed by atoms with Crippen molar-refractivity contribution in [3.63, 3.8) is 0 Å². The molecule has 2 aliphatic heterocycles. The van der Waals surface area contributed by atoms with Gasteiger partial charge >= 0.3 is 0 Å². The number of rotatable bonds is 4. The van der Waals surface area contributed by atoms with Gasteiger partial charge < -0.3 is 14.6 Å². The highest BCUT2D eigenvalue weighted by Crippen LogP contribution is 2.48. The normalized spacial score (nSPS) is 29.4. The lowest BCUT2D eigenvalue weighted by Gasteiger charge is -2.38. The zero-order valence-corrected chi connectivity index (χ0v) is 14.0. The summed E-state index contributed by atoms with van der Waals surface area (Å²) in [4.78, 5) is 29.0. The predicted molar refractivity (Wildman–Crippen MR) is 87.0 cm³/mol. The molecule has 126 valence electrons. The largest absolute Gasteiger partial charge is 0.396 e. The fourth-order valence-electron chi connectivity index (χ4n) is 4.32. The van der Waals surface area contributed by atoms with Crippen LogP contribution in [0, 0.1) is 11.8 Å². The number of pyridine rings is 1. The Labute approximate surface area is 136 Å². The van der Waals surface area contributed by atoms with Gasteiger partial charge in [-0.15, -0.1) is 0 Å². The van der Waals surface area contributed by atoms with Gasteiger partial charge in [0.25, 0.3) is 5.56 Å². The van der Waals surface area contributed by atoms with E-state index in [-0.39, 0.29) is 42.0 Å². The van der Waals surface area contributed by atoms with Gasteiger partial charge in [-0.25, -0.2) is 0 Å². The quantitative estimate of drug-likeness (QED) is 0.867. The first kappa shape index (κ1) is 16.2. The summed E-state index contributed by atoms with van der Waals surface area (Å²) in [6, 6.07) is 5.18. The second-order valence-electron chi connectivity index (χ2n) is 6.75. The number of amides is 1. The van der Waals surface area contributed by atoms with Gasteiger partial charge in [-0.05, 0) is 19.0 Å². The van der Waals surface area contributed by atoms with E-state index in [0.29, 0.717) is 6.54 Å². The zero-order chi connectivity index (χ0) is 16.7. The molecule has 0 saturated carbocycles. The minimum atomic E-state index is -0.304. The summed E-state index contributed by atoms with van der Waals surface area (Å²) in [5, 5.41) is 9.96. The molecule has 0 unspecified atom stereocenters. The van der Waals surface area contributed by atoms with Crippen molar-refractivity contribution in [2.45, 2.75) is 32.0 Å². The second kappa shape index (κ2) is 6.09. The highest BCUT2D eigenvalue weighted by Gasteiger charge is 2.55. The molecule has 6 heteroatoms. The molecule has 3 heterocycles. The van der Waals surface area contributed by atoms with E-state index >= 15 is 0 Å². The third-order valence-corrected chi connectivity index (χ3v) is 5.25. The van der Waals surface area contributed by atoms with Crippen LogP contribution in [0.5, 0.6) is 0 Å². The van der Waals surface area contributed by atoms with Crippen LogP contribution in [0.25, 0.3) is 0 Å². The van der Waals surface area contributed by atoms with E-state index in [2.05, 4.69) is 11.8 Å². The number of carbonyl (C=O) groups excluding carboxylic acids is 1. The fourth-order valence-corrected chi connectivity index (χ4v) is 4.32. The molecule has 0 radical (unpaired) electrons. The highest BCUT2D eigenvalue weighted by atomic mass is 16.3. The van der Waals surface area contributed by atoms with Gasteiger partial charge in [0.15, 0.2) is 0 Å². The van der Waals surface area contributed by atoms with Crippen LogP contribution >= 0.6 is 0 Å². The minimum absolute atomic E-state index is 0.0247. The van der Waals surface area contributed by atoms with E-state index in [1.54, 1.807) is 35.7 Å². The Morgan fingerprint density at radius 3 is 2.74 bits per heavy atom. The maximum atomic E-state index is 12.8. The summed E-state index contributed by atoms with van der Waals surface area (Å²) in [5.41, 5.74) is 0.877.